The van der Waals surface area contributed by atoms with Gasteiger partial charge in [-0.2, -0.15) is 26.3 Å². The summed E-state index contributed by atoms with van der Waals surface area (Å²) in [5.41, 5.74) is -1.44. The van der Waals surface area contributed by atoms with Crippen molar-refractivity contribution < 1.29 is 35.9 Å². The van der Waals surface area contributed by atoms with Crippen LogP contribution in [0.2, 0.25) is 0 Å². The minimum Gasteiger partial charge on any atom is -0.376 e. The second-order valence-electron chi connectivity index (χ2n) is 8.22. The number of hydrogen-bond acceptors (Lipinski definition) is 4. The summed E-state index contributed by atoms with van der Waals surface area (Å²) >= 11 is 1.17. The van der Waals surface area contributed by atoms with Gasteiger partial charge in [0.2, 0.25) is 0 Å². The molecule has 1 unspecified atom stereocenters. The van der Waals surface area contributed by atoms with Gasteiger partial charge in [0, 0.05) is 12.2 Å². The van der Waals surface area contributed by atoms with Crippen LogP contribution in [0.25, 0.3) is 10.2 Å². The van der Waals surface area contributed by atoms with Crippen LogP contribution >= 0.6 is 11.3 Å². The van der Waals surface area contributed by atoms with Gasteiger partial charge >= 0.3 is 12.4 Å². The molecule has 3 aromatic rings. The number of alkyl halides is 6. The van der Waals surface area contributed by atoms with E-state index < -0.39 is 41.1 Å². The Bertz CT molecular complexity index is 1160. The normalized spacial score (nSPS) is 16.9. The number of aryl methyl sites for hydroxylation is 2. The summed E-state index contributed by atoms with van der Waals surface area (Å²) in [5.74, 6) is -0.999. The molecule has 2 aromatic carbocycles. The van der Waals surface area contributed by atoms with Crippen molar-refractivity contribution in [2.45, 2.75) is 45.1 Å². The lowest BCUT2D eigenvalue weighted by Gasteiger charge is -2.24. The maximum Gasteiger partial charge on any atom is 0.416 e. The number of aromatic nitrogens is 1. The average molecular weight is 502 g/mol. The second kappa shape index (κ2) is 8.84. The van der Waals surface area contributed by atoms with Gasteiger partial charge in [-0.25, -0.2) is 4.98 Å². The molecule has 2 heterocycles. The fourth-order valence-corrected chi connectivity index (χ4v) is 4.96. The number of amides is 1. The summed E-state index contributed by atoms with van der Waals surface area (Å²) in [5, 5.41) is 0.193. The van der Waals surface area contributed by atoms with Crippen LogP contribution in [0.3, 0.4) is 0 Å². The summed E-state index contributed by atoms with van der Waals surface area (Å²) in [6.45, 7) is 4.12. The highest BCUT2D eigenvalue weighted by Crippen LogP contribution is 2.38. The summed E-state index contributed by atoms with van der Waals surface area (Å²) in [6, 6.07) is 4.64. The van der Waals surface area contributed by atoms with Crippen LogP contribution in [-0.2, 0) is 17.1 Å². The average Bonchev–Trinajstić information content (AvgIpc) is 3.43. The number of hydrogen-bond donors (Lipinski definition) is 0. The number of thiazole rings is 1. The van der Waals surface area contributed by atoms with E-state index in [9.17, 15) is 31.1 Å². The maximum absolute atomic E-state index is 13.4. The molecular weight excluding hydrogens is 482 g/mol. The molecule has 4 nitrogen and oxygen atoms in total. The van der Waals surface area contributed by atoms with Crippen LogP contribution < -0.4 is 4.90 Å². The van der Waals surface area contributed by atoms with Crippen molar-refractivity contribution in [2.75, 3.05) is 18.1 Å². The standard InChI is InChI=1S/C23H20F6N2O2S/c1-12-5-6-13(2)19-18(12)30-21(34-19)31(11-17-4-3-7-33-17)20(32)14-8-15(22(24,25)26)10-16(9-14)23(27,28)29/h5-6,8-10,17H,3-4,7,11H2,1-2H3. The molecule has 0 N–H and O–H groups in total. The van der Waals surface area contributed by atoms with Crippen LogP contribution in [0.15, 0.2) is 30.3 Å². The van der Waals surface area contributed by atoms with Gasteiger partial charge in [0.1, 0.15) is 0 Å². The van der Waals surface area contributed by atoms with E-state index in [1.807, 2.05) is 26.0 Å². The fourth-order valence-electron chi connectivity index (χ4n) is 3.84. The lowest BCUT2D eigenvalue weighted by molar-refractivity contribution is -0.143. The van der Waals surface area contributed by atoms with Crippen molar-refractivity contribution in [3.05, 3.63) is 58.1 Å². The van der Waals surface area contributed by atoms with Crippen molar-refractivity contribution in [1.82, 2.24) is 4.98 Å². The van der Waals surface area contributed by atoms with E-state index in [1.165, 1.54) is 11.3 Å². The highest BCUT2D eigenvalue weighted by atomic mass is 32.1. The molecular formula is C23H20F6N2O2S. The molecule has 1 fully saturated rings. The molecule has 1 aromatic heterocycles. The zero-order chi connectivity index (χ0) is 24.8. The Kier molecular flexibility index (Phi) is 6.36. The SMILES string of the molecule is Cc1ccc(C)c2sc(N(CC3CCCO3)C(=O)c3cc(C(F)(F)F)cc(C(F)(F)F)c3)nc12. The molecule has 0 bridgehead atoms. The number of carbonyl (C=O) groups is 1. The Morgan fingerprint density at radius 1 is 1.06 bits per heavy atom. The molecule has 0 spiro atoms. The molecule has 1 aliphatic rings. The van der Waals surface area contributed by atoms with Crippen molar-refractivity contribution in [1.29, 1.82) is 0 Å². The van der Waals surface area contributed by atoms with Gasteiger partial charge in [-0.15, -0.1) is 0 Å². The van der Waals surface area contributed by atoms with Crippen molar-refractivity contribution in [3.8, 4) is 0 Å². The largest absolute Gasteiger partial charge is 0.416 e. The number of nitrogens with zero attached hydrogens (tertiary/aromatic N) is 2. The molecule has 0 saturated carbocycles. The third-order valence-electron chi connectivity index (χ3n) is 5.65. The molecule has 4 rings (SSSR count). The first kappa shape index (κ1) is 24.5. The molecule has 34 heavy (non-hydrogen) atoms. The van der Waals surface area contributed by atoms with Gasteiger partial charge in [-0.3, -0.25) is 9.69 Å². The summed E-state index contributed by atoms with van der Waals surface area (Å²) < 4.78 is 86.5. The van der Waals surface area contributed by atoms with E-state index in [-0.39, 0.29) is 17.7 Å². The quantitative estimate of drug-likeness (QED) is 0.370. The number of benzene rings is 2. The second-order valence-corrected chi connectivity index (χ2v) is 9.20. The van der Waals surface area contributed by atoms with E-state index in [0.717, 1.165) is 27.1 Å². The van der Waals surface area contributed by atoms with Crippen molar-refractivity contribution >= 4 is 32.6 Å². The molecule has 11 heteroatoms. The third-order valence-corrected chi connectivity index (χ3v) is 6.87. The van der Waals surface area contributed by atoms with Crippen LogP contribution in [0.4, 0.5) is 31.5 Å². The highest BCUT2D eigenvalue weighted by Gasteiger charge is 2.38. The predicted molar refractivity (Wildman–Crippen MR) is 116 cm³/mol. The minimum atomic E-state index is -5.06. The Morgan fingerprint density at radius 3 is 2.21 bits per heavy atom. The van der Waals surface area contributed by atoms with E-state index in [0.29, 0.717) is 30.7 Å². The predicted octanol–water partition coefficient (Wildman–Crippen LogP) is 6.78. The van der Waals surface area contributed by atoms with E-state index in [1.54, 1.807) is 0 Å². The summed E-state index contributed by atoms with van der Waals surface area (Å²) in [6.07, 6.45) is -9.15. The van der Waals surface area contributed by atoms with Gasteiger partial charge in [0.25, 0.3) is 5.91 Å². The number of ether oxygens (including phenoxy) is 1. The zero-order valence-corrected chi connectivity index (χ0v) is 19.0. The van der Waals surface area contributed by atoms with Gasteiger partial charge < -0.3 is 4.74 Å². The number of carbonyl (C=O) groups excluding carboxylic acids is 1. The molecule has 182 valence electrons. The van der Waals surface area contributed by atoms with Gasteiger partial charge in [-0.1, -0.05) is 23.5 Å². The smallest absolute Gasteiger partial charge is 0.376 e. The maximum atomic E-state index is 13.4. The Hall–Kier alpha value is -2.66. The minimum absolute atomic E-state index is 0.00557. The first-order valence-electron chi connectivity index (χ1n) is 10.4. The third kappa shape index (κ3) is 4.90. The molecule has 1 atom stereocenters. The Morgan fingerprint density at radius 2 is 1.68 bits per heavy atom. The van der Waals surface area contributed by atoms with Gasteiger partial charge in [0.15, 0.2) is 5.13 Å². The summed E-state index contributed by atoms with van der Waals surface area (Å²) in [7, 11) is 0. The number of halogens is 6. The van der Waals surface area contributed by atoms with E-state index in [4.69, 9.17) is 4.74 Å². The van der Waals surface area contributed by atoms with Crippen LogP contribution in [-0.4, -0.2) is 30.1 Å². The zero-order valence-electron chi connectivity index (χ0n) is 18.2. The first-order chi connectivity index (χ1) is 15.8. The van der Waals surface area contributed by atoms with Gasteiger partial charge in [0.05, 0.1) is 34.0 Å². The number of fused-ring (bicyclic) bond motifs is 1. The fraction of sp³-hybridized carbons (Fsp3) is 0.391. The monoisotopic (exact) mass is 502 g/mol. The molecule has 1 aliphatic heterocycles. The Balaban J connectivity index is 1.83. The van der Waals surface area contributed by atoms with Crippen molar-refractivity contribution in [3.63, 3.8) is 0 Å². The van der Waals surface area contributed by atoms with E-state index in [2.05, 4.69) is 4.98 Å². The van der Waals surface area contributed by atoms with Crippen LogP contribution in [0, 0.1) is 13.8 Å². The van der Waals surface area contributed by atoms with Crippen molar-refractivity contribution in [2.24, 2.45) is 0 Å². The lowest BCUT2D eigenvalue weighted by atomic mass is 10.0. The molecule has 0 aliphatic carbocycles. The number of rotatable bonds is 4. The van der Waals surface area contributed by atoms with Gasteiger partial charge in [-0.05, 0) is 56.0 Å². The lowest BCUT2D eigenvalue weighted by Crippen LogP contribution is -2.37. The summed E-state index contributed by atoms with van der Waals surface area (Å²) in [4.78, 5) is 19.1. The van der Waals surface area contributed by atoms with Crippen LogP contribution in [0.1, 0.15) is 45.5 Å². The first-order valence-corrected chi connectivity index (χ1v) is 11.3. The topological polar surface area (TPSA) is 42.4 Å². The molecule has 1 amide bonds. The van der Waals surface area contributed by atoms with Crippen LogP contribution in [0.5, 0.6) is 0 Å². The molecule has 0 radical (unpaired) electrons. The molecule has 1 saturated heterocycles. The van der Waals surface area contributed by atoms with E-state index >= 15 is 0 Å². The Labute approximate surface area is 195 Å². The highest BCUT2D eigenvalue weighted by molar-refractivity contribution is 7.22. The number of anilines is 1.